The molecule has 0 aromatic heterocycles. The predicted octanol–water partition coefficient (Wildman–Crippen LogP) is 2.33. The van der Waals surface area contributed by atoms with Gasteiger partial charge in [-0.3, -0.25) is 0 Å². The zero-order chi connectivity index (χ0) is 14.4. The molecule has 5 nitrogen and oxygen atoms in total. The van der Waals surface area contributed by atoms with Crippen LogP contribution in [0.3, 0.4) is 0 Å². The van der Waals surface area contributed by atoms with Crippen LogP contribution in [0.2, 0.25) is 0 Å². The number of carbonyl (C=O) groups excluding carboxylic acids is 1. The van der Waals surface area contributed by atoms with E-state index in [0.717, 1.165) is 5.56 Å². The molecular formula is C15H18N2O3. The minimum Gasteiger partial charge on any atom is -0.445 e. The number of ether oxygens (including phenoxy) is 2. The van der Waals surface area contributed by atoms with Crippen LogP contribution in [0.15, 0.2) is 30.3 Å². The molecule has 1 saturated heterocycles. The average molecular weight is 274 g/mol. The van der Waals surface area contributed by atoms with Crippen LogP contribution in [-0.4, -0.2) is 36.8 Å². The highest BCUT2D eigenvalue weighted by Gasteiger charge is 2.36. The summed E-state index contributed by atoms with van der Waals surface area (Å²) in [5.74, 6) is 0. The number of likely N-dealkylation sites (tertiary alicyclic amines) is 1. The van der Waals surface area contributed by atoms with Crippen molar-refractivity contribution in [2.75, 3.05) is 13.7 Å². The fourth-order valence-electron chi connectivity index (χ4n) is 2.37. The minimum absolute atomic E-state index is 0.0161. The molecule has 1 amide bonds. The van der Waals surface area contributed by atoms with Crippen LogP contribution in [0.5, 0.6) is 0 Å². The SMILES string of the molecule is CO[C@@H]1C[C@H](CC#N)N(C(=O)OCc2ccccc2)C1. The van der Waals surface area contributed by atoms with Crippen LogP contribution >= 0.6 is 0 Å². The number of rotatable bonds is 4. The van der Waals surface area contributed by atoms with Crippen LogP contribution in [0.4, 0.5) is 4.79 Å². The number of benzene rings is 1. The highest BCUT2D eigenvalue weighted by Crippen LogP contribution is 2.23. The van der Waals surface area contributed by atoms with Gasteiger partial charge in [0.1, 0.15) is 6.61 Å². The third-order valence-corrected chi connectivity index (χ3v) is 3.48. The summed E-state index contributed by atoms with van der Waals surface area (Å²) < 4.78 is 10.6. The first-order valence-electron chi connectivity index (χ1n) is 6.61. The van der Waals surface area contributed by atoms with Gasteiger partial charge in [0, 0.05) is 7.11 Å². The predicted molar refractivity (Wildman–Crippen MR) is 72.8 cm³/mol. The fraction of sp³-hybridized carbons (Fsp3) is 0.467. The molecule has 0 spiro atoms. The van der Waals surface area contributed by atoms with Gasteiger partial charge in [-0.1, -0.05) is 30.3 Å². The van der Waals surface area contributed by atoms with Crippen LogP contribution in [-0.2, 0) is 16.1 Å². The largest absolute Gasteiger partial charge is 0.445 e. The highest BCUT2D eigenvalue weighted by molar-refractivity contribution is 5.68. The number of nitrogens with zero attached hydrogens (tertiary/aromatic N) is 2. The first kappa shape index (κ1) is 14.4. The molecule has 106 valence electrons. The molecule has 1 heterocycles. The quantitative estimate of drug-likeness (QED) is 0.845. The first-order valence-corrected chi connectivity index (χ1v) is 6.61. The Labute approximate surface area is 118 Å². The summed E-state index contributed by atoms with van der Waals surface area (Å²) in [5.41, 5.74) is 0.945. The molecule has 20 heavy (non-hydrogen) atoms. The van der Waals surface area contributed by atoms with Crippen molar-refractivity contribution in [2.45, 2.75) is 31.6 Å². The molecule has 0 N–H and O–H groups in total. The van der Waals surface area contributed by atoms with Crippen LogP contribution < -0.4 is 0 Å². The van der Waals surface area contributed by atoms with E-state index in [1.807, 2.05) is 30.3 Å². The molecule has 0 aliphatic carbocycles. The molecular weight excluding hydrogens is 256 g/mol. The lowest BCUT2D eigenvalue weighted by Gasteiger charge is -2.21. The van der Waals surface area contributed by atoms with E-state index in [9.17, 15) is 4.79 Å². The number of amides is 1. The third kappa shape index (κ3) is 3.49. The molecule has 5 heteroatoms. The van der Waals surface area contributed by atoms with Gasteiger partial charge in [0.25, 0.3) is 0 Å². The monoisotopic (exact) mass is 274 g/mol. The van der Waals surface area contributed by atoms with Gasteiger partial charge < -0.3 is 14.4 Å². The summed E-state index contributed by atoms with van der Waals surface area (Å²) in [6, 6.07) is 11.5. The maximum absolute atomic E-state index is 12.1. The van der Waals surface area contributed by atoms with Crippen molar-refractivity contribution in [1.82, 2.24) is 4.90 Å². The number of hydrogen-bond acceptors (Lipinski definition) is 4. The van der Waals surface area contributed by atoms with Gasteiger partial charge >= 0.3 is 6.09 Å². The first-order chi connectivity index (χ1) is 9.74. The average Bonchev–Trinajstić information content (AvgIpc) is 2.89. The van der Waals surface area contributed by atoms with E-state index in [2.05, 4.69) is 6.07 Å². The molecule has 1 aromatic carbocycles. The van der Waals surface area contributed by atoms with E-state index in [4.69, 9.17) is 14.7 Å². The molecule has 2 atom stereocenters. The van der Waals surface area contributed by atoms with Crippen molar-refractivity contribution in [1.29, 1.82) is 5.26 Å². The van der Waals surface area contributed by atoms with Crippen molar-refractivity contribution in [3.63, 3.8) is 0 Å². The van der Waals surface area contributed by atoms with E-state index < -0.39 is 0 Å². The summed E-state index contributed by atoms with van der Waals surface area (Å²) in [6.45, 7) is 0.726. The fourth-order valence-corrected chi connectivity index (χ4v) is 2.37. The standard InChI is InChI=1S/C15H18N2O3/c1-19-14-9-13(7-8-16)17(10-14)15(18)20-11-12-5-3-2-4-6-12/h2-6,13-14H,7,9-11H2,1H3/t13-,14+/m0/s1. The number of hydrogen-bond donors (Lipinski definition) is 0. The molecule has 1 fully saturated rings. The van der Waals surface area contributed by atoms with Gasteiger partial charge in [0.15, 0.2) is 0 Å². The lowest BCUT2D eigenvalue weighted by molar-refractivity contribution is 0.0803. The molecule has 1 aromatic rings. The van der Waals surface area contributed by atoms with E-state index in [-0.39, 0.29) is 24.8 Å². The zero-order valence-electron chi connectivity index (χ0n) is 11.5. The smallest absolute Gasteiger partial charge is 0.410 e. The summed E-state index contributed by atoms with van der Waals surface area (Å²) in [5, 5.41) is 8.82. The lowest BCUT2D eigenvalue weighted by Crippen LogP contribution is -2.36. The van der Waals surface area contributed by atoms with Crippen molar-refractivity contribution >= 4 is 6.09 Å². The Balaban J connectivity index is 1.92. The lowest BCUT2D eigenvalue weighted by atomic mass is 10.1. The van der Waals surface area contributed by atoms with Gasteiger partial charge in [-0.05, 0) is 12.0 Å². The maximum Gasteiger partial charge on any atom is 0.410 e. The van der Waals surface area contributed by atoms with Gasteiger partial charge in [-0.25, -0.2) is 4.79 Å². The van der Waals surface area contributed by atoms with Gasteiger partial charge in [-0.2, -0.15) is 5.26 Å². The Morgan fingerprint density at radius 2 is 2.20 bits per heavy atom. The summed E-state index contributed by atoms with van der Waals surface area (Å²) in [6.07, 6.45) is 0.594. The van der Waals surface area contributed by atoms with E-state index in [0.29, 0.717) is 19.4 Å². The molecule has 1 aliphatic heterocycles. The molecule has 2 rings (SSSR count). The van der Waals surface area contributed by atoms with E-state index >= 15 is 0 Å². The second-order valence-corrected chi connectivity index (χ2v) is 4.80. The Hall–Kier alpha value is -2.06. The minimum atomic E-state index is -0.381. The molecule has 0 saturated carbocycles. The van der Waals surface area contributed by atoms with E-state index in [1.165, 1.54) is 0 Å². The van der Waals surface area contributed by atoms with Crippen LogP contribution in [0, 0.1) is 11.3 Å². The Kier molecular flexibility index (Phi) is 4.97. The van der Waals surface area contributed by atoms with Crippen LogP contribution in [0.1, 0.15) is 18.4 Å². The Morgan fingerprint density at radius 1 is 1.45 bits per heavy atom. The van der Waals surface area contributed by atoms with Crippen molar-refractivity contribution in [2.24, 2.45) is 0 Å². The topological polar surface area (TPSA) is 62.6 Å². The van der Waals surface area contributed by atoms with Crippen molar-refractivity contribution < 1.29 is 14.3 Å². The van der Waals surface area contributed by atoms with Crippen LogP contribution in [0.25, 0.3) is 0 Å². The summed E-state index contributed by atoms with van der Waals surface area (Å²) in [7, 11) is 1.62. The number of nitriles is 1. The van der Waals surface area contributed by atoms with Crippen molar-refractivity contribution in [3.05, 3.63) is 35.9 Å². The molecule has 1 aliphatic rings. The summed E-state index contributed by atoms with van der Waals surface area (Å²) >= 11 is 0. The van der Waals surface area contributed by atoms with E-state index in [1.54, 1.807) is 12.0 Å². The number of methoxy groups -OCH3 is 1. The second kappa shape index (κ2) is 6.92. The molecule has 0 bridgehead atoms. The zero-order valence-corrected chi connectivity index (χ0v) is 11.5. The highest BCUT2D eigenvalue weighted by atomic mass is 16.6. The van der Waals surface area contributed by atoms with Gasteiger partial charge in [0.05, 0.1) is 31.2 Å². The number of carbonyl (C=O) groups is 1. The molecule has 0 unspecified atom stereocenters. The summed E-state index contributed by atoms with van der Waals surface area (Å²) in [4.78, 5) is 13.7. The third-order valence-electron chi connectivity index (χ3n) is 3.48. The van der Waals surface area contributed by atoms with Crippen molar-refractivity contribution in [3.8, 4) is 6.07 Å². The van der Waals surface area contributed by atoms with Gasteiger partial charge in [0.2, 0.25) is 0 Å². The maximum atomic E-state index is 12.1. The Bertz CT molecular complexity index is 484. The normalized spacial score (nSPS) is 21.5. The molecule has 0 radical (unpaired) electrons. The van der Waals surface area contributed by atoms with Gasteiger partial charge in [-0.15, -0.1) is 0 Å². The second-order valence-electron chi connectivity index (χ2n) is 4.80. The Morgan fingerprint density at radius 3 is 2.85 bits per heavy atom.